The molecule has 1 aliphatic heterocycles. The predicted molar refractivity (Wildman–Crippen MR) is 78.9 cm³/mol. The molecule has 0 aliphatic carbocycles. The largest absolute Gasteiger partial charge is 0.371 e. The van der Waals surface area contributed by atoms with E-state index in [1.54, 1.807) is 0 Å². The maximum Gasteiger partial charge on any atom is 0.0396 e. The van der Waals surface area contributed by atoms with Crippen LogP contribution in [0.3, 0.4) is 0 Å². The van der Waals surface area contributed by atoms with Crippen LogP contribution < -0.4 is 10.6 Å². The molecular weight excluding hydrogens is 220 g/mol. The molecule has 1 aliphatic rings. The van der Waals surface area contributed by atoms with Crippen molar-refractivity contribution in [2.45, 2.75) is 46.1 Å². The number of nitrogens with two attached hydrogens (primary N) is 1. The van der Waals surface area contributed by atoms with E-state index < -0.39 is 0 Å². The van der Waals surface area contributed by atoms with Gasteiger partial charge in [0.15, 0.2) is 0 Å². The van der Waals surface area contributed by atoms with Crippen LogP contribution in [0.2, 0.25) is 0 Å². The Bertz CT molecular complexity index is 379. The molecule has 18 heavy (non-hydrogen) atoms. The Balaban J connectivity index is 2.01. The first-order chi connectivity index (χ1) is 8.74. The highest BCUT2D eigenvalue weighted by molar-refractivity contribution is 5.54. The third-order valence-corrected chi connectivity index (χ3v) is 4.15. The predicted octanol–water partition coefficient (Wildman–Crippen LogP) is 3.47. The Labute approximate surface area is 111 Å². The Morgan fingerprint density at radius 2 is 2.00 bits per heavy atom. The van der Waals surface area contributed by atoms with Gasteiger partial charge in [-0.15, -0.1) is 0 Å². The van der Waals surface area contributed by atoms with Crippen LogP contribution in [0.15, 0.2) is 18.2 Å². The number of nitrogens with zero attached hydrogens (tertiary/aromatic N) is 1. The fraction of sp³-hybridized carbons (Fsp3) is 0.625. The molecule has 100 valence electrons. The average Bonchev–Trinajstić information content (AvgIpc) is 2.40. The normalized spacial score (nSPS) is 17.2. The molecule has 0 spiro atoms. The lowest BCUT2D eigenvalue weighted by molar-refractivity contribution is 0.378. The smallest absolute Gasteiger partial charge is 0.0396 e. The third kappa shape index (κ3) is 3.05. The summed E-state index contributed by atoms with van der Waals surface area (Å²) in [4.78, 5) is 2.54. The van der Waals surface area contributed by atoms with Gasteiger partial charge >= 0.3 is 0 Å². The summed E-state index contributed by atoms with van der Waals surface area (Å²) >= 11 is 0. The Morgan fingerprint density at radius 3 is 2.56 bits per heavy atom. The molecule has 0 radical (unpaired) electrons. The number of piperidine rings is 1. The molecule has 1 aromatic carbocycles. The van der Waals surface area contributed by atoms with Crippen molar-refractivity contribution >= 4 is 5.69 Å². The molecule has 0 unspecified atom stereocenters. The number of anilines is 1. The summed E-state index contributed by atoms with van der Waals surface area (Å²) in [5.41, 5.74) is 9.69. The minimum Gasteiger partial charge on any atom is -0.371 e. The molecule has 2 nitrogen and oxygen atoms in total. The van der Waals surface area contributed by atoms with Crippen molar-refractivity contribution in [1.29, 1.82) is 0 Å². The van der Waals surface area contributed by atoms with E-state index in [4.69, 9.17) is 5.73 Å². The number of benzene rings is 1. The van der Waals surface area contributed by atoms with E-state index in [9.17, 15) is 0 Å². The lowest BCUT2D eigenvalue weighted by Gasteiger charge is -2.34. The van der Waals surface area contributed by atoms with E-state index >= 15 is 0 Å². The van der Waals surface area contributed by atoms with Crippen molar-refractivity contribution in [2.75, 3.05) is 18.0 Å². The molecule has 2 rings (SSSR count). The highest BCUT2D eigenvalue weighted by Gasteiger charge is 2.19. The molecule has 2 N–H and O–H groups in total. The van der Waals surface area contributed by atoms with Crippen LogP contribution in [0.4, 0.5) is 5.69 Å². The van der Waals surface area contributed by atoms with Crippen molar-refractivity contribution in [1.82, 2.24) is 0 Å². The van der Waals surface area contributed by atoms with E-state index in [0.717, 1.165) is 5.92 Å². The summed E-state index contributed by atoms with van der Waals surface area (Å²) in [6.07, 6.45) is 5.44. The van der Waals surface area contributed by atoms with E-state index in [1.807, 2.05) is 0 Å². The van der Waals surface area contributed by atoms with Gasteiger partial charge in [-0.25, -0.2) is 0 Å². The molecule has 0 bridgehead atoms. The fourth-order valence-electron chi connectivity index (χ4n) is 3.07. The fourth-order valence-corrected chi connectivity index (χ4v) is 3.07. The van der Waals surface area contributed by atoms with E-state index in [2.05, 4.69) is 36.9 Å². The first kappa shape index (κ1) is 13.4. The van der Waals surface area contributed by atoms with Crippen LogP contribution in [-0.4, -0.2) is 13.1 Å². The summed E-state index contributed by atoms with van der Waals surface area (Å²) < 4.78 is 0. The van der Waals surface area contributed by atoms with Gasteiger partial charge in [0.05, 0.1) is 0 Å². The first-order valence-corrected chi connectivity index (χ1v) is 7.29. The van der Waals surface area contributed by atoms with Crippen LogP contribution in [-0.2, 0) is 6.54 Å². The van der Waals surface area contributed by atoms with Gasteiger partial charge in [-0.2, -0.15) is 0 Å². The maximum absolute atomic E-state index is 5.69. The van der Waals surface area contributed by atoms with E-state index in [1.165, 1.54) is 55.6 Å². The highest BCUT2D eigenvalue weighted by atomic mass is 15.1. The molecule has 0 saturated carbocycles. The Kier molecular flexibility index (Phi) is 4.65. The molecule has 1 heterocycles. The summed E-state index contributed by atoms with van der Waals surface area (Å²) in [5.74, 6) is 0.954. The number of hydrogen-bond donors (Lipinski definition) is 1. The summed E-state index contributed by atoms with van der Waals surface area (Å²) in [6.45, 7) is 7.56. The van der Waals surface area contributed by atoms with Crippen molar-refractivity contribution in [3.05, 3.63) is 29.3 Å². The van der Waals surface area contributed by atoms with Gasteiger partial charge in [-0.05, 0) is 42.9 Å². The molecule has 2 heteroatoms. The SMILES string of the molecule is CCCC1CCN(c2ccc(CN)cc2C)CC1. The minimum absolute atomic E-state index is 0.639. The minimum atomic E-state index is 0.639. The van der Waals surface area contributed by atoms with Gasteiger partial charge in [0, 0.05) is 25.3 Å². The molecule has 1 aromatic rings. The first-order valence-electron chi connectivity index (χ1n) is 7.29. The zero-order valence-corrected chi connectivity index (χ0v) is 11.8. The molecule has 1 saturated heterocycles. The van der Waals surface area contributed by atoms with Gasteiger partial charge in [0.25, 0.3) is 0 Å². The van der Waals surface area contributed by atoms with Crippen molar-refractivity contribution in [2.24, 2.45) is 11.7 Å². The Hall–Kier alpha value is -1.02. The van der Waals surface area contributed by atoms with Crippen LogP contribution in [0.1, 0.15) is 43.7 Å². The van der Waals surface area contributed by atoms with Gasteiger partial charge in [0.1, 0.15) is 0 Å². The second kappa shape index (κ2) is 6.24. The van der Waals surface area contributed by atoms with Crippen molar-refractivity contribution in [3.8, 4) is 0 Å². The van der Waals surface area contributed by atoms with Crippen LogP contribution in [0.25, 0.3) is 0 Å². The Morgan fingerprint density at radius 1 is 1.28 bits per heavy atom. The van der Waals surface area contributed by atoms with E-state index in [-0.39, 0.29) is 0 Å². The van der Waals surface area contributed by atoms with Crippen LogP contribution in [0, 0.1) is 12.8 Å². The zero-order valence-electron chi connectivity index (χ0n) is 11.8. The quantitative estimate of drug-likeness (QED) is 0.881. The standard InChI is InChI=1S/C16H26N2/c1-3-4-14-7-9-18(10-8-14)16-6-5-15(12-17)11-13(16)2/h5-6,11,14H,3-4,7-10,12,17H2,1-2H3. The lowest BCUT2D eigenvalue weighted by atomic mass is 9.92. The molecule has 1 fully saturated rings. The second-order valence-corrected chi connectivity index (χ2v) is 5.54. The van der Waals surface area contributed by atoms with E-state index in [0.29, 0.717) is 6.54 Å². The summed E-state index contributed by atoms with van der Waals surface area (Å²) in [6, 6.07) is 6.64. The van der Waals surface area contributed by atoms with Gasteiger partial charge in [0.2, 0.25) is 0 Å². The van der Waals surface area contributed by atoms with Crippen LogP contribution >= 0.6 is 0 Å². The number of hydrogen-bond acceptors (Lipinski definition) is 2. The van der Waals surface area contributed by atoms with Crippen molar-refractivity contribution in [3.63, 3.8) is 0 Å². The molecule has 0 atom stereocenters. The molecule has 0 aromatic heterocycles. The monoisotopic (exact) mass is 246 g/mol. The summed E-state index contributed by atoms with van der Waals surface area (Å²) in [7, 11) is 0. The maximum atomic E-state index is 5.69. The molecule has 0 amide bonds. The molecular formula is C16H26N2. The van der Waals surface area contributed by atoms with Gasteiger partial charge < -0.3 is 10.6 Å². The van der Waals surface area contributed by atoms with Gasteiger partial charge in [-0.3, -0.25) is 0 Å². The highest BCUT2D eigenvalue weighted by Crippen LogP contribution is 2.28. The van der Waals surface area contributed by atoms with Gasteiger partial charge in [-0.1, -0.05) is 31.9 Å². The lowest BCUT2D eigenvalue weighted by Crippen LogP contribution is -2.34. The number of aryl methyl sites for hydroxylation is 1. The third-order valence-electron chi connectivity index (χ3n) is 4.15. The van der Waals surface area contributed by atoms with Crippen LogP contribution in [0.5, 0.6) is 0 Å². The zero-order chi connectivity index (χ0) is 13.0. The van der Waals surface area contributed by atoms with Crippen molar-refractivity contribution < 1.29 is 0 Å². The topological polar surface area (TPSA) is 29.3 Å². The second-order valence-electron chi connectivity index (χ2n) is 5.54. The number of rotatable bonds is 4. The summed E-state index contributed by atoms with van der Waals surface area (Å²) in [5, 5.41) is 0. The average molecular weight is 246 g/mol.